The molecule has 1 atom stereocenters. The van der Waals surface area contributed by atoms with Crippen LogP contribution in [0.15, 0.2) is 24.3 Å². The maximum absolute atomic E-state index is 11.9. The summed E-state index contributed by atoms with van der Waals surface area (Å²) in [6.07, 6.45) is 2.87. The van der Waals surface area contributed by atoms with Crippen LogP contribution in [0.1, 0.15) is 26.2 Å². The quantitative estimate of drug-likeness (QED) is 0.707. The van der Waals surface area contributed by atoms with Crippen molar-refractivity contribution in [3.8, 4) is 11.5 Å². The lowest BCUT2D eigenvalue weighted by molar-refractivity contribution is -0.146. The average Bonchev–Trinajstić information content (AvgIpc) is 3.31. The van der Waals surface area contributed by atoms with E-state index < -0.39 is 0 Å². The lowest BCUT2D eigenvalue weighted by atomic mass is 10.2. The highest BCUT2D eigenvalue weighted by atomic mass is 16.5. The van der Waals surface area contributed by atoms with Gasteiger partial charge in [-0.3, -0.25) is 4.79 Å². The Bertz CT molecular complexity index is 442. The molecule has 0 amide bonds. The van der Waals surface area contributed by atoms with Crippen LogP contribution in [0, 0.1) is 0 Å². The molecule has 1 aromatic rings. The number of carbonyl (C=O) groups excluding carboxylic acids is 1. The van der Waals surface area contributed by atoms with E-state index in [9.17, 15) is 4.79 Å². The van der Waals surface area contributed by atoms with Crippen molar-refractivity contribution in [1.82, 2.24) is 5.32 Å². The highest BCUT2D eigenvalue weighted by molar-refractivity contribution is 5.75. The van der Waals surface area contributed by atoms with E-state index in [0.717, 1.165) is 24.3 Å². The minimum absolute atomic E-state index is 0.192. The Hall–Kier alpha value is -1.75. The number of carbonyl (C=O) groups is 1. The second-order valence-corrected chi connectivity index (χ2v) is 5.06. The molecular formula is C16H23NO4. The Labute approximate surface area is 125 Å². The number of hydrogen-bond acceptors (Lipinski definition) is 5. The Balaban J connectivity index is 1.78. The molecule has 0 saturated heterocycles. The zero-order valence-electron chi connectivity index (χ0n) is 12.6. The molecule has 1 unspecified atom stereocenters. The molecule has 0 radical (unpaired) electrons. The van der Waals surface area contributed by atoms with E-state index in [-0.39, 0.29) is 12.0 Å². The van der Waals surface area contributed by atoms with Crippen LogP contribution >= 0.6 is 0 Å². The second kappa shape index (κ2) is 7.88. The van der Waals surface area contributed by atoms with Crippen molar-refractivity contribution in [2.45, 2.75) is 38.3 Å². The Morgan fingerprint density at radius 3 is 2.52 bits per heavy atom. The molecule has 0 spiro atoms. The third kappa shape index (κ3) is 5.27. The molecule has 1 aliphatic carbocycles. The van der Waals surface area contributed by atoms with Gasteiger partial charge in [0.05, 0.1) is 20.3 Å². The lowest BCUT2D eigenvalue weighted by Gasteiger charge is -2.17. The van der Waals surface area contributed by atoms with Crippen molar-refractivity contribution in [3.05, 3.63) is 24.3 Å². The van der Waals surface area contributed by atoms with Gasteiger partial charge in [0, 0.05) is 12.5 Å². The van der Waals surface area contributed by atoms with Crippen LogP contribution in [0.2, 0.25) is 0 Å². The summed E-state index contributed by atoms with van der Waals surface area (Å²) in [7, 11) is 1.63. The topological polar surface area (TPSA) is 56.8 Å². The summed E-state index contributed by atoms with van der Waals surface area (Å²) in [6.45, 7) is 2.69. The first-order valence-corrected chi connectivity index (χ1v) is 7.42. The SMILES string of the molecule is CCOC(=O)C(CCOc1ccc(OC)cc1)NC1CC1. The van der Waals surface area contributed by atoms with Gasteiger partial charge in [-0.1, -0.05) is 0 Å². The van der Waals surface area contributed by atoms with Crippen LogP contribution < -0.4 is 14.8 Å². The number of ether oxygens (including phenoxy) is 3. The first-order chi connectivity index (χ1) is 10.2. The van der Waals surface area contributed by atoms with E-state index in [2.05, 4.69) is 5.32 Å². The zero-order chi connectivity index (χ0) is 15.1. The minimum Gasteiger partial charge on any atom is -0.497 e. The molecule has 1 N–H and O–H groups in total. The number of rotatable bonds is 9. The van der Waals surface area contributed by atoms with Gasteiger partial charge in [0.2, 0.25) is 0 Å². The molecule has 2 rings (SSSR count). The number of benzene rings is 1. The normalized spacial score (nSPS) is 15.3. The van der Waals surface area contributed by atoms with Crippen LogP contribution in [-0.2, 0) is 9.53 Å². The Morgan fingerprint density at radius 2 is 1.95 bits per heavy atom. The predicted octanol–water partition coefficient (Wildman–Crippen LogP) is 2.15. The first kappa shape index (κ1) is 15.6. The van der Waals surface area contributed by atoms with E-state index in [1.165, 1.54) is 0 Å². The van der Waals surface area contributed by atoms with Crippen molar-refractivity contribution < 1.29 is 19.0 Å². The number of nitrogens with one attached hydrogen (secondary N) is 1. The predicted molar refractivity (Wildman–Crippen MR) is 79.7 cm³/mol. The summed E-state index contributed by atoms with van der Waals surface area (Å²) in [6, 6.07) is 7.58. The van der Waals surface area contributed by atoms with Crippen molar-refractivity contribution in [3.63, 3.8) is 0 Å². The van der Waals surface area contributed by atoms with E-state index in [1.54, 1.807) is 7.11 Å². The van der Waals surface area contributed by atoms with Gasteiger partial charge in [0.25, 0.3) is 0 Å². The summed E-state index contributed by atoms with van der Waals surface area (Å²) in [5.41, 5.74) is 0. The summed E-state index contributed by atoms with van der Waals surface area (Å²) in [5, 5.41) is 3.31. The van der Waals surface area contributed by atoms with Crippen LogP contribution in [0.4, 0.5) is 0 Å². The summed E-state index contributed by atoms with van der Waals surface area (Å²) >= 11 is 0. The standard InChI is InChI=1S/C16H23NO4/c1-3-20-16(18)15(17-12-4-5-12)10-11-21-14-8-6-13(19-2)7-9-14/h6-9,12,15,17H,3-5,10-11H2,1-2H3. The fraction of sp³-hybridized carbons (Fsp3) is 0.562. The van der Waals surface area contributed by atoms with Gasteiger partial charge in [0.1, 0.15) is 17.5 Å². The summed E-state index contributed by atoms with van der Waals surface area (Å²) in [4.78, 5) is 11.9. The molecule has 1 aliphatic rings. The zero-order valence-corrected chi connectivity index (χ0v) is 12.6. The first-order valence-electron chi connectivity index (χ1n) is 7.42. The van der Waals surface area contributed by atoms with Gasteiger partial charge in [0.15, 0.2) is 0 Å². The van der Waals surface area contributed by atoms with E-state index >= 15 is 0 Å². The number of methoxy groups -OCH3 is 1. The number of esters is 1. The van der Waals surface area contributed by atoms with Crippen molar-refractivity contribution in [1.29, 1.82) is 0 Å². The molecule has 1 fully saturated rings. The maximum atomic E-state index is 11.9. The van der Waals surface area contributed by atoms with Crippen molar-refractivity contribution >= 4 is 5.97 Å². The second-order valence-electron chi connectivity index (χ2n) is 5.06. The van der Waals surface area contributed by atoms with Gasteiger partial charge in [-0.25, -0.2) is 0 Å². The highest BCUT2D eigenvalue weighted by Gasteiger charge is 2.29. The van der Waals surface area contributed by atoms with Crippen molar-refractivity contribution in [2.24, 2.45) is 0 Å². The Kier molecular flexibility index (Phi) is 5.87. The Morgan fingerprint density at radius 1 is 1.29 bits per heavy atom. The molecule has 0 aromatic heterocycles. The smallest absolute Gasteiger partial charge is 0.323 e. The molecule has 21 heavy (non-hydrogen) atoms. The summed E-state index contributed by atoms with van der Waals surface area (Å²) < 4.78 is 15.8. The third-order valence-corrected chi connectivity index (χ3v) is 3.32. The lowest BCUT2D eigenvalue weighted by Crippen LogP contribution is -2.40. The van der Waals surface area contributed by atoms with Gasteiger partial charge in [-0.2, -0.15) is 0 Å². The molecule has 5 nitrogen and oxygen atoms in total. The third-order valence-electron chi connectivity index (χ3n) is 3.32. The molecule has 1 aromatic carbocycles. The minimum atomic E-state index is -0.282. The molecule has 116 valence electrons. The van der Waals surface area contributed by atoms with Gasteiger partial charge >= 0.3 is 5.97 Å². The van der Waals surface area contributed by atoms with Crippen LogP contribution in [-0.4, -0.2) is 38.4 Å². The molecule has 1 saturated carbocycles. The molecule has 0 aliphatic heterocycles. The molecule has 0 heterocycles. The van der Waals surface area contributed by atoms with E-state index in [0.29, 0.717) is 25.7 Å². The summed E-state index contributed by atoms with van der Waals surface area (Å²) in [5.74, 6) is 1.37. The van der Waals surface area contributed by atoms with Crippen LogP contribution in [0.3, 0.4) is 0 Å². The fourth-order valence-electron chi connectivity index (χ4n) is 2.01. The van der Waals surface area contributed by atoms with E-state index in [4.69, 9.17) is 14.2 Å². The van der Waals surface area contributed by atoms with Gasteiger partial charge in [-0.15, -0.1) is 0 Å². The van der Waals surface area contributed by atoms with Gasteiger partial charge in [-0.05, 0) is 44.0 Å². The number of hydrogen-bond donors (Lipinski definition) is 1. The van der Waals surface area contributed by atoms with Crippen LogP contribution in [0.25, 0.3) is 0 Å². The van der Waals surface area contributed by atoms with Crippen LogP contribution in [0.5, 0.6) is 11.5 Å². The maximum Gasteiger partial charge on any atom is 0.323 e. The van der Waals surface area contributed by atoms with Gasteiger partial charge < -0.3 is 19.5 Å². The molecule has 5 heteroatoms. The average molecular weight is 293 g/mol. The largest absolute Gasteiger partial charge is 0.497 e. The molecular weight excluding hydrogens is 270 g/mol. The van der Waals surface area contributed by atoms with Crippen molar-refractivity contribution in [2.75, 3.05) is 20.3 Å². The monoisotopic (exact) mass is 293 g/mol. The fourth-order valence-corrected chi connectivity index (χ4v) is 2.01. The molecule has 0 bridgehead atoms. The highest BCUT2D eigenvalue weighted by Crippen LogP contribution is 2.21. The van der Waals surface area contributed by atoms with E-state index in [1.807, 2.05) is 31.2 Å².